The number of hydrogen-bond donors (Lipinski definition) is 2. The molecule has 0 unspecified atom stereocenters. The molecule has 20 heavy (non-hydrogen) atoms. The molecule has 0 saturated heterocycles. The number of nitrogens with one attached hydrogen (secondary N) is 1. The first-order valence-corrected chi connectivity index (χ1v) is 7.11. The van der Waals surface area contributed by atoms with Crippen molar-refractivity contribution in [3.8, 4) is 0 Å². The molecule has 0 radical (unpaired) electrons. The second-order valence-electron chi connectivity index (χ2n) is 5.79. The van der Waals surface area contributed by atoms with Gasteiger partial charge >= 0.3 is 0 Å². The van der Waals surface area contributed by atoms with Crippen LogP contribution < -0.4 is 5.32 Å². The third kappa shape index (κ3) is 2.43. The van der Waals surface area contributed by atoms with Crippen molar-refractivity contribution >= 4 is 16.8 Å². The van der Waals surface area contributed by atoms with Crippen LogP contribution in [0.15, 0.2) is 30.3 Å². The van der Waals surface area contributed by atoms with Crippen LogP contribution in [0.3, 0.4) is 0 Å². The molecule has 0 spiro atoms. The van der Waals surface area contributed by atoms with Crippen LogP contribution in [0.4, 0.5) is 0 Å². The van der Waals surface area contributed by atoms with E-state index in [1.165, 1.54) is 0 Å². The highest BCUT2D eigenvalue weighted by molar-refractivity contribution is 5.84. The first kappa shape index (κ1) is 13.2. The van der Waals surface area contributed by atoms with E-state index in [1.807, 2.05) is 35.8 Å². The van der Waals surface area contributed by atoms with Crippen molar-refractivity contribution in [2.45, 2.75) is 38.3 Å². The molecule has 1 amide bonds. The van der Waals surface area contributed by atoms with E-state index >= 15 is 0 Å². The number of fused-ring (bicyclic) bond motifs is 1. The van der Waals surface area contributed by atoms with E-state index in [2.05, 4.69) is 11.4 Å². The number of benzene rings is 1. The van der Waals surface area contributed by atoms with Gasteiger partial charge in [-0.2, -0.15) is 0 Å². The minimum atomic E-state index is -0.663. The van der Waals surface area contributed by atoms with Gasteiger partial charge in [0, 0.05) is 17.8 Å². The minimum absolute atomic E-state index is 0.0465. The fourth-order valence-electron chi connectivity index (χ4n) is 2.78. The number of aryl methyl sites for hydroxylation is 1. The average Bonchev–Trinajstić information content (AvgIpc) is 2.71. The summed E-state index contributed by atoms with van der Waals surface area (Å²) >= 11 is 0. The molecule has 0 bridgehead atoms. The molecule has 1 aromatic heterocycles. The molecule has 4 nitrogen and oxygen atoms in total. The van der Waals surface area contributed by atoms with Gasteiger partial charge in [-0.05, 0) is 43.7 Å². The lowest BCUT2D eigenvalue weighted by molar-refractivity contribution is -0.124. The number of carbonyl (C=O) groups is 1. The number of aromatic nitrogens is 1. The van der Waals surface area contributed by atoms with Gasteiger partial charge in [-0.1, -0.05) is 18.2 Å². The molecule has 1 saturated carbocycles. The summed E-state index contributed by atoms with van der Waals surface area (Å²) in [6.07, 6.45) is 2.63. The second-order valence-corrected chi connectivity index (χ2v) is 5.79. The van der Waals surface area contributed by atoms with Crippen molar-refractivity contribution < 1.29 is 9.90 Å². The fourth-order valence-corrected chi connectivity index (χ4v) is 2.78. The van der Waals surface area contributed by atoms with Crippen LogP contribution in [0.1, 0.15) is 25.0 Å². The van der Waals surface area contributed by atoms with Crippen molar-refractivity contribution in [2.24, 2.45) is 0 Å². The number of hydrogen-bond acceptors (Lipinski definition) is 2. The van der Waals surface area contributed by atoms with Gasteiger partial charge in [0.25, 0.3) is 0 Å². The third-order valence-corrected chi connectivity index (χ3v) is 4.22. The summed E-state index contributed by atoms with van der Waals surface area (Å²) in [5.41, 5.74) is 1.48. The predicted molar refractivity (Wildman–Crippen MR) is 78.5 cm³/mol. The highest BCUT2D eigenvalue weighted by Crippen LogP contribution is 2.30. The van der Waals surface area contributed by atoms with Gasteiger partial charge in [0.05, 0.1) is 5.60 Å². The lowest BCUT2D eigenvalue weighted by Gasteiger charge is -2.36. The molecule has 1 aliphatic rings. The fraction of sp³-hybridized carbons (Fsp3) is 0.438. The summed E-state index contributed by atoms with van der Waals surface area (Å²) in [4.78, 5) is 12.0. The molecular formula is C16H20N2O2. The average molecular weight is 272 g/mol. The van der Waals surface area contributed by atoms with Crippen LogP contribution in [0.2, 0.25) is 0 Å². The van der Waals surface area contributed by atoms with E-state index in [1.54, 1.807) is 0 Å². The van der Waals surface area contributed by atoms with Crippen molar-refractivity contribution in [1.29, 1.82) is 0 Å². The van der Waals surface area contributed by atoms with Crippen LogP contribution in [-0.4, -0.2) is 27.7 Å². The molecule has 106 valence electrons. The Balaban J connectivity index is 1.69. The summed E-state index contributed by atoms with van der Waals surface area (Å²) < 4.78 is 2.01. The van der Waals surface area contributed by atoms with Crippen molar-refractivity contribution in [2.75, 3.05) is 6.54 Å². The standard InChI is InChI=1S/C16H20N2O2/c1-12-9-13-5-2-3-6-14(13)18(12)10-15(19)17-11-16(20)7-4-8-16/h2-3,5-6,9,20H,4,7-8,10-11H2,1H3,(H,17,19). The zero-order valence-corrected chi connectivity index (χ0v) is 11.7. The van der Waals surface area contributed by atoms with E-state index in [-0.39, 0.29) is 5.91 Å². The maximum absolute atomic E-state index is 12.0. The summed E-state index contributed by atoms with van der Waals surface area (Å²) in [5, 5.41) is 14.0. The van der Waals surface area contributed by atoms with Gasteiger partial charge in [-0.25, -0.2) is 0 Å². The number of nitrogens with zero attached hydrogens (tertiary/aromatic N) is 1. The number of para-hydroxylation sites is 1. The largest absolute Gasteiger partial charge is 0.388 e. The highest BCUT2D eigenvalue weighted by atomic mass is 16.3. The Hall–Kier alpha value is -1.81. The molecule has 0 atom stereocenters. The maximum Gasteiger partial charge on any atom is 0.240 e. The Labute approximate surface area is 118 Å². The molecule has 4 heteroatoms. The summed E-state index contributed by atoms with van der Waals surface area (Å²) in [5.74, 6) is -0.0465. The van der Waals surface area contributed by atoms with Gasteiger partial charge < -0.3 is 15.0 Å². The van der Waals surface area contributed by atoms with Crippen LogP contribution in [0.5, 0.6) is 0 Å². The molecule has 2 aromatic rings. The van der Waals surface area contributed by atoms with Crippen molar-refractivity contribution in [1.82, 2.24) is 9.88 Å². The Bertz CT molecular complexity index is 641. The van der Waals surface area contributed by atoms with Crippen molar-refractivity contribution in [3.63, 3.8) is 0 Å². The molecule has 1 aliphatic carbocycles. The molecule has 2 N–H and O–H groups in total. The molecule has 1 heterocycles. The predicted octanol–water partition coefficient (Wildman–Crippen LogP) is 1.98. The van der Waals surface area contributed by atoms with Gasteiger partial charge in [0.2, 0.25) is 5.91 Å². The maximum atomic E-state index is 12.0. The van der Waals surface area contributed by atoms with Gasteiger partial charge in [-0.3, -0.25) is 4.79 Å². The van der Waals surface area contributed by atoms with Crippen LogP contribution in [-0.2, 0) is 11.3 Å². The monoisotopic (exact) mass is 272 g/mol. The van der Waals surface area contributed by atoms with Crippen LogP contribution in [0.25, 0.3) is 10.9 Å². The zero-order valence-electron chi connectivity index (χ0n) is 11.7. The number of aliphatic hydroxyl groups is 1. The van der Waals surface area contributed by atoms with E-state index in [0.717, 1.165) is 35.9 Å². The Kier molecular flexibility index (Phi) is 3.26. The van der Waals surface area contributed by atoms with Gasteiger partial charge in [0.1, 0.15) is 6.54 Å². The number of amides is 1. The smallest absolute Gasteiger partial charge is 0.240 e. The summed E-state index contributed by atoms with van der Waals surface area (Å²) in [6, 6.07) is 10.1. The van der Waals surface area contributed by atoms with E-state index in [4.69, 9.17) is 0 Å². The first-order chi connectivity index (χ1) is 9.57. The Morgan fingerprint density at radius 2 is 2.15 bits per heavy atom. The summed E-state index contributed by atoms with van der Waals surface area (Å²) in [6.45, 7) is 2.67. The highest BCUT2D eigenvalue weighted by Gasteiger charge is 2.34. The second kappa shape index (κ2) is 4.94. The summed E-state index contributed by atoms with van der Waals surface area (Å²) in [7, 11) is 0. The third-order valence-electron chi connectivity index (χ3n) is 4.22. The van der Waals surface area contributed by atoms with E-state index < -0.39 is 5.60 Å². The normalized spacial score (nSPS) is 16.9. The van der Waals surface area contributed by atoms with Gasteiger partial charge in [-0.15, -0.1) is 0 Å². The quantitative estimate of drug-likeness (QED) is 0.894. The van der Waals surface area contributed by atoms with E-state index in [9.17, 15) is 9.90 Å². The molecule has 1 aromatic carbocycles. The molecule has 1 fully saturated rings. The number of carbonyl (C=O) groups excluding carboxylic acids is 1. The van der Waals surface area contributed by atoms with E-state index in [0.29, 0.717) is 13.1 Å². The zero-order chi connectivity index (χ0) is 14.2. The minimum Gasteiger partial charge on any atom is -0.388 e. The Morgan fingerprint density at radius 3 is 2.85 bits per heavy atom. The van der Waals surface area contributed by atoms with Crippen LogP contribution in [0, 0.1) is 6.92 Å². The van der Waals surface area contributed by atoms with Crippen LogP contribution >= 0.6 is 0 Å². The van der Waals surface area contributed by atoms with Crippen molar-refractivity contribution in [3.05, 3.63) is 36.0 Å². The SMILES string of the molecule is Cc1cc2ccccc2n1CC(=O)NCC1(O)CCC1. The topological polar surface area (TPSA) is 54.3 Å². The van der Waals surface area contributed by atoms with Gasteiger partial charge in [0.15, 0.2) is 0 Å². The Morgan fingerprint density at radius 1 is 1.40 bits per heavy atom. The lowest BCUT2D eigenvalue weighted by atomic mass is 9.80. The first-order valence-electron chi connectivity index (χ1n) is 7.11. The molecule has 0 aliphatic heterocycles. The molecule has 3 rings (SSSR count). The lowest BCUT2D eigenvalue weighted by Crippen LogP contribution is -2.48. The number of rotatable bonds is 4. The molecular weight excluding hydrogens is 252 g/mol.